The van der Waals surface area contributed by atoms with Crippen molar-refractivity contribution in [1.29, 1.82) is 0 Å². The number of nitrogens with two attached hydrogens (primary N) is 1. The molecule has 0 aliphatic rings. The molecule has 0 aliphatic heterocycles. The van der Waals surface area contributed by atoms with Gasteiger partial charge in [-0.2, -0.15) is 4.98 Å². The van der Waals surface area contributed by atoms with Gasteiger partial charge in [-0.05, 0) is 24.5 Å². The zero-order chi connectivity index (χ0) is 24.1. The zero-order valence-electron chi connectivity index (χ0n) is 18.8. The number of rotatable bonds is 10. The molecule has 12 nitrogen and oxygen atoms in total. The molecule has 3 aromatic rings. The highest BCUT2D eigenvalue weighted by atomic mass is 16.6. The average molecular weight is 457 g/mol. The number of nitrogens with zero attached hydrogens (tertiary/aromatic N) is 5. The summed E-state index contributed by atoms with van der Waals surface area (Å²) in [4.78, 5) is 43.8. The standard InChI is InChI=1S/C21H27N7O5/c1-4-5-10-26(17-18(22)27(11-13(2)3)21(30)24-20(17)29)12-16-23-19(25-33-16)14-6-8-15(9-7-14)28(31)32/h6-9,13H,4-5,10-12,22H2,1-3H3,(H,24,29,30). The van der Waals surface area contributed by atoms with Crippen LogP contribution in [0.1, 0.15) is 39.5 Å². The second-order valence-corrected chi connectivity index (χ2v) is 8.09. The fourth-order valence-electron chi connectivity index (χ4n) is 3.38. The first-order valence-electron chi connectivity index (χ1n) is 10.7. The molecule has 0 fully saturated rings. The van der Waals surface area contributed by atoms with Gasteiger partial charge in [0.05, 0.1) is 11.5 Å². The normalized spacial score (nSPS) is 11.2. The largest absolute Gasteiger partial charge is 0.383 e. The highest BCUT2D eigenvalue weighted by molar-refractivity contribution is 5.62. The Labute approximate surface area is 189 Å². The smallest absolute Gasteiger partial charge is 0.330 e. The van der Waals surface area contributed by atoms with Crippen molar-refractivity contribution in [3.63, 3.8) is 0 Å². The molecule has 0 aliphatic carbocycles. The summed E-state index contributed by atoms with van der Waals surface area (Å²) in [7, 11) is 0. The molecule has 3 rings (SSSR count). The Kier molecular flexibility index (Phi) is 7.26. The van der Waals surface area contributed by atoms with Crippen LogP contribution in [0.2, 0.25) is 0 Å². The fourth-order valence-corrected chi connectivity index (χ4v) is 3.38. The first-order chi connectivity index (χ1) is 15.7. The van der Waals surface area contributed by atoms with Gasteiger partial charge in [0.15, 0.2) is 0 Å². The van der Waals surface area contributed by atoms with Crippen molar-refractivity contribution in [2.45, 2.75) is 46.7 Å². The van der Waals surface area contributed by atoms with Crippen molar-refractivity contribution < 1.29 is 9.45 Å². The van der Waals surface area contributed by atoms with E-state index in [2.05, 4.69) is 15.1 Å². The van der Waals surface area contributed by atoms with E-state index in [1.807, 2.05) is 20.8 Å². The van der Waals surface area contributed by atoms with E-state index in [4.69, 9.17) is 10.3 Å². The average Bonchev–Trinajstić information content (AvgIpc) is 3.23. The van der Waals surface area contributed by atoms with Crippen molar-refractivity contribution in [1.82, 2.24) is 19.7 Å². The van der Waals surface area contributed by atoms with Crippen LogP contribution >= 0.6 is 0 Å². The van der Waals surface area contributed by atoms with E-state index >= 15 is 0 Å². The molecule has 3 N–H and O–H groups in total. The molecule has 2 aromatic heterocycles. The monoisotopic (exact) mass is 457 g/mol. The van der Waals surface area contributed by atoms with Gasteiger partial charge in [-0.15, -0.1) is 0 Å². The Morgan fingerprint density at radius 1 is 1.27 bits per heavy atom. The SMILES string of the molecule is CCCCN(Cc1nc(-c2ccc([N+](=O)[O-])cc2)no1)c1c(N)n(CC(C)C)c(=O)[nH]c1=O. The molecular formula is C21H27N7O5. The van der Waals surface area contributed by atoms with Crippen molar-refractivity contribution in [2.75, 3.05) is 17.2 Å². The molecular weight excluding hydrogens is 430 g/mol. The molecule has 0 spiro atoms. The number of unbranched alkanes of at least 4 members (excludes halogenated alkanes) is 1. The summed E-state index contributed by atoms with van der Waals surface area (Å²) in [5.41, 5.74) is 5.83. The molecule has 12 heteroatoms. The molecule has 0 radical (unpaired) electrons. The van der Waals surface area contributed by atoms with Crippen LogP contribution in [0.25, 0.3) is 11.4 Å². The zero-order valence-corrected chi connectivity index (χ0v) is 18.8. The van der Waals surface area contributed by atoms with E-state index in [1.165, 1.54) is 28.8 Å². The summed E-state index contributed by atoms with van der Waals surface area (Å²) in [6.45, 7) is 6.87. The van der Waals surface area contributed by atoms with Crippen LogP contribution < -0.4 is 21.9 Å². The number of H-pyrrole nitrogens is 1. The van der Waals surface area contributed by atoms with Crippen molar-refractivity contribution >= 4 is 17.2 Å². The lowest BCUT2D eigenvalue weighted by Gasteiger charge is -2.25. The number of hydrogen-bond acceptors (Lipinski definition) is 9. The van der Waals surface area contributed by atoms with E-state index < -0.39 is 16.2 Å². The van der Waals surface area contributed by atoms with Crippen LogP contribution in [-0.4, -0.2) is 31.2 Å². The van der Waals surface area contributed by atoms with Gasteiger partial charge in [0.1, 0.15) is 11.5 Å². The van der Waals surface area contributed by atoms with Gasteiger partial charge in [-0.25, -0.2) is 4.79 Å². The maximum absolute atomic E-state index is 12.7. The lowest BCUT2D eigenvalue weighted by molar-refractivity contribution is -0.384. The maximum Gasteiger partial charge on any atom is 0.330 e. The first-order valence-corrected chi connectivity index (χ1v) is 10.7. The summed E-state index contributed by atoms with van der Waals surface area (Å²) in [6, 6.07) is 5.78. The van der Waals surface area contributed by atoms with Gasteiger partial charge < -0.3 is 15.2 Å². The Balaban J connectivity index is 1.93. The topological polar surface area (TPSA) is 166 Å². The number of hydrogen-bond donors (Lipinski definition) is 2. The summed E-state index contributed by atoms with van der Waals surface area (Å²) < 4.78 is 6.73. The number of nitro benzene ring substituents is 1. The Morgan fingerprint density at radius 2 is 1.97 bits per heavy atom. The van der Waals surface area contributed by atoms with Crippen LogP contribution in [0, 0.1) is 16.0 Å². The number of non-ortho nitro benzene ring substituents is 1. The number of nitrogens with one attached hydrogen (secondary N) is 1. The van der Waals surface area contributed by atoms with Crippen LogP contribution in [0.3, 0.4) is 0 Å². The molecule has 1 aromatic carbocycles. The minimum atomic E-state index is -0.580. The van der Waals surface area contributed by atoms with E-state index in [1.54, 1.807) is 4.90 Å². The number of nitrogen functional groups attached to an aromatic ring is 1. The minimum Gasteiger partial charge on any atom is -0.383 e. The van der Waals surface area contributed by atoms with E-state index in [-0.39, 0.29) is 41.4 Å². The molecule has 0 saturated heterocycles. The van der Waals surface area contributed by atoms with Crippen molar-refractivity contribution in [2.24, 2.45) is 5.92 Å². The predicted molar refractivity (Wildman–Crippen MR) is 123 cm³/mol. The first kappa shape index (κ1) is 23.7. The van der Waals surface area contributed by atoms with Crippen LogP contribution in [0.15, 0.2) is 38.4 Å². The van der Waals surface area contributed by atoms with Crippen LogP contribution in [0.4, 0.5) is 17.2 Å². The quantitative estimate of drug-likeness (QED) is 0.343. The number of nitro groups is 1. The lowest BCUT2D eigenvalue weighted by atomic mass is 10.2. The molecule has 2 heterocycles. The third kappa shape index (κ3) is 5.45. The third-order valence-electron chi connectivity index (χ3n) is 4.99. The maximum atomic E-state index is 12.7. The Morgan fingerprint density at radius 3 is 2.58 bits per heavy atom. The van der Waals surface area contributed by atoms with Gasteiger partial charge in [0, 0.05) is 30.8 Å². The molecule has 0 amide bonds. The number of benzene rings is 1. The molecule has 0 saturated carbocycles. The van der Waals surface area contributed by atoms with Gasteiger partial charge in [-0.3, -0.25) is 24.5 Å². The Hall–Kier alpha value is -3.96. The molecule has 0 atom stereocenters. The molecule has 0 unspecified atom stereocenters. The second-order valence-electron chi connectivity index (χ2n) is 8.09. The fraction of sp³-hybridized carbons (Fsp3) is 0.429. The van der Waals surface area contributed by atoms with Crippen molar-refractivity contribution in [3.05, 3.63) is 61.1 Å². The predicted octanol–water partition coefficient (Wildman–Crippen LogP) is 2.54. The third-order valence-corrected chi connectivity index (χ3v) is 4.99. The van der Waals surface area contributed by atoms with E-state index in [0.717, 1.165) is 12.8 Å². The van der Waals surface area contributed by atoms with Gasteiger partial charge in [0.25, 0.3) is 11.2 Å². The van der Waals surface area contributed by atoms with Crippen molar-refractivity contribution in [3.8, 4) is 11.4 Å². The van der Waals surface area contributed by atoms with Crippen LogP contribution in [-0.2, 0) is 13.1 Å². The number of anilines is 2. The summed E-state index contributed by atoms with van der Waals surface area (Å²) in [5.74, 6) is 0.735. The summed E-state index contributed by atoms with van der Waals surface area (Å²) >= 11 is 0. The van der Waals surface area contributed by atoms with Crippen LogP contribution in [0.5, 0.6) is 0 Å². The minimum absolute atomic E-state index is 0.0422. The van der Waals surface area contributed by atoms with Gasteiger partial charge in [-0.1, -0.05) is 32.3 Å². The highest BCUT2D eigenvalue weighted by Gasteiger charge is 2.22. The van der Waals surface area contributed by atoms with Gasteiger partial charge >= 0.3 is 5.69 Å². The van der Waals surface area contributed by atoms with E-state index in [9.17, 15) is 19.7 Å². The highest BCUT2D eigenvalue weighted by Crippen LogP contribution is 2.23. The second kappa shape index (κ2) is 10.1. The summed E-state index contributed by atoms with van der Waals surface area (Å²) in [5, 5.41) is 14.8. The number of aromatic amines is 1. The summed E-state index contributed by atoms with van der Waals surface area (Å²) in [6.07, 6.45) is 1.64. The van der Waals surface area contributed by atoms with E-state index in [0.29, 0.717) is 18.7 Å². The Bertz CT molecular complexity index is 1230. The molecule has 176 valence electrons. The molecule has 0 bridgehead atoms. The lowest BCUT2D eigenvalue weighted by Crippen LogP contribution is -2.39. The number of aromatic nitrogens is 4. The van der Waals surface area contributed by atoms with Gasteiger partial charge in [0.2, 0.25) is 11.7 Å². The molecule has 33 heavy (non-hydrogen) atoms.